The third-order valence-electron chi connectivity index (χ3n) is 5.64. The van der Waals surface area contributed by atoms with Gasteiger partial charge in [0.1, 0.15) is 5.82 Å². The number of benzene rings is 1. The fourth-order valence-corrected chi connectivity index (χ4v) is 3.73. The molecule has 7 heteroatoms. The molecule has 2 aliphatic rings. The number of nitrogens with zero attached hydrogens (tertiary/aromatic N) is 6. The van der Waals surface area contributed by atoms with Gasteiger partial charge in [-0.25, -0.2) is 4.98 Å². The number of nitrogens with one attached hydrogen (secondary N) is 1. The molecule has 1 aromatic carbocycles. The van der Waals surface area contributed by atoms with Crippen LogP contribution in [-0.4, -0.2) is 86.2 Å². The first kappa shape index (κ1) is 19.0. The summed E-state index contributed by atoms with van der Waals surface area (Å²) in [5.41, 5.74) is 3.33. The summed E-state index contributed by atoms with van der Waals surface area (Å²) in [7, 11) is 4.34. The Hall–Kier alpha value is -2.38. The Labute approximate surface area is 168 Å². The molecule has 2 fully saturated rings. The van der Waals surface area contributed by atoms with Crippen molar-refractivity contribution in [1.29, 1.82) is 0 Å². The Balaban J connectivity index is 1.43. The van der Waals surface area contributed by atoms with Crippen molar-refractivity contribution >= 4 is 23.1 Å². The lowest BCUT2D eigenvalue weighted by atomic mass is 10.2. The molecule has 7 nitrogen and oxygen atoms in total. The van der Waals surface area contributed by atoms with E-state index in [-0.39, 0.29) is 0 Å². The van der Waals surface area contributed by atoms with Crippen LogP contribution in [0.4, 0.5) is 23.1 Å². The average Bonchev–Trinajstić information content (AvgIpc) is 2.69. The fraction of sp³-hybridized carbons (Fsp3) is 0.524. The molecule has 28 heavy (non-hydrogen) atoms. The molecule has 0 saturated carbocycles. The lowest BCUT2D eigenvalue weighted by Gasteiger charge is -2.34. The van der Waals surface area contributed by atoms with E-state index in [1.54, 1.807) is 0 Å². The number of piperazine rings is 2. The summed E-state index contributed by atoms with van der Waals surface area (Å²) >= 11 is 0. The Morgan fingerprint density at radius 1 is 0.750 bits per heavy atom. The maximum atomic E-state index is 4.77. The van der Waals surface area contributed by atoms with Crippen LogP contribution in [-0.2, 0) is 0 Å². The number of likely N-dealkylation sites (N-methyl/N-ethyl adjacent to an activating group) is 2. The third-order valence-corrected chi connectivity index (χ3v) is 5.64. The van der Waals surface area contributed by atoms with Gasteiger partial charge >= 0.3 is 0 Å². The monoisotopic (exact) mass is 381 g/mol. The van der Waals surface area contributed by atoms with E-state index in [9.17, 15) is 0 Å². The number of hydrogen-bond donors (Lipinski definition) is 1. The van der Waals surface area contributed by atoms with Crippen molar-refractivity contribution in [2.45, 2.75) is 6.92 Å². The maximum Gasteiger partial charge on any atom is 0.227 e. The van der Waals surface area contributed by atoms with Crippen molar-refractivity contribution in [3.63, 3.8) is 0 Å². The molecular weight excluding hydrogens is 350 g/mol. The number of anilines is 4. The predicted molar refractivity (Wildman–Crippen MR) is 116 cm³/mol. The van der Waals surface area contributed by atoms with Gasteiger partial charge in [0.2, 0.25) is 5.95 Å². The Morgan fingerprint density at radius 2 is 1.32 bits per heavy atom. The van der Waals surface area contributed by atoms with Crippen LogP contribution in [0.2, 0.25) is 0 Å². The molecule has 2 aliphatic heterocycles. The quantitative estimate of drug-likeness (QED) is 0.870. The van der Waals surface area contributed by atoms with Crippen molar-refractivity contribution in [3.05, 3.63) is 36.0 Å². The molecule has 2 aromatic rings. The van der Waals surface area contributed by atoms with Crippen molar-refractivity contribution in [2.75, 3.05) is 81.6 Å². The van der Waals surface area contributed by atoms with Gasteiger partial charge in [0.25, 0.3) is 0 Å². The van der Waals surface area contributed by atoms with Crippen molar-refractivity contribution in [1.82, 2.24) is 19.8 Å². The molecule has 0 aliphatic carbocycles. The molecular formula is C21H31N7. The minimum absolute atomic E-state index is 0.824. The van der Waals surface area contributed by atoms with Crippen LogP contribution in [0.1, 0.15) is 5.69 Å². The van der Waals surface area contributed by atoms with E-state index in [0.717, 1.165) is 75.5 Å². The fourth-order valence-electron chi connectivity index (χ4n) is 3.73. The van der Waals surface area contributed by atoms with Gasteiger partial charge < -0.3 is 24.9 Å². The highest BCUT2D eigenvalue weighted by Crippen LogP contribution is 2.23. The van der Waals surface area contributed by atoms with Gasteiger partial charge in [-0.1, -0.05) is 0 Å². The largest absolute Gasteiger partial charge is 0.369 e. The molecule has 0 amide bonds. The molecule has 150 valence electrons. The first-order valence-electron chi connectivity index (χ1n) is 10.2. The molecule has 0 radical (unpaired) electrons. The highest BCUT2D eigenvalue weighted by atomic mass is 15.3. The van der Waals surface area contributed by atoms with Gasteiger partial charge in [-0.3, -0.25) is 0 Å². The second kappa shape index (κ2) is 8.32. The molecule has 1 aromatic heterocycles. The van der Waals surface area contributed by atoms with Crippen LogP contribution in [0.15, 0.2) is 30.3 Å². The van der Waals surface area contributed by atoms with E-state index in [1.807, 2.05) is 13.0 Å². The third kappa shape index (κ3) is 4.54. The van der Waals surface area contributed by atoms with E-state index in [1.165, 1.54) is 5.69 Å². The molecule has 0 atom stereocenters. The van der Waals surface area contributed by atoms with Crippen LogP contribution in [0.3, 0.4) is 0 Å². The Morgan fingerprint density at radius 3 is 1.93 bits per heavy atom. The predicted octanol–water partition coefficient (Wildman–Crippen LogP) is 2.03. The summed E-state index contributed by atoms with van der Waals surface area (Å²) in [5.74, 6) is 1.68. The summed E-state index contributed by atoms with van der Waals surface area (Å²) in [4.78, 5) is 18.9. The zero-order chi connectivity index (χ0) is 19.5. The number of aromatic nitrogens is 2. The highest BCUT2D eigenvalue weighted by Gasteiger charge is 2.18. The zero-order valence-electron chi connectivity index (χ0n) is 17.2. The molecule has 0 spiro atoms. The Kier molecular flexibility index (Phi) is 5.64. The van der Waals surface area contributed by atoms with Crippen molar-refractivity contribution in [2.24, 2.45) is 0 Å². The zero-order valence-corrected chi connectivity index (χ0v) is 17.2. The summed E-state index contributed by atoms with van der Waals surface area (Å²) in [6.45, 7) is 10.5. The van der Waals surface area contributed by atoms with Crippen LogP contribution in [0.5, 0.6) is 0 Å². The molecule has 0 unspecified atom stereocenters. The molecule has 0 bridgehead atoms. The molecule has 1 N–H and O–H groups in total. The van der Waals surface area contributed by atoms with Crippen molar-refractivity contribution < 1.29 is 0 Å². The molecule has 2 saturated heterocycles. The molecule has 4 rings (SSSR count). The average molecular weight is 382 g/mol. The molecule has 3 heterocycles. The number of rotatable bonds is 4. The van der Waals surface area contributed by atoms with Crippen LogP contribution < -0.4 is 15.1 Å². The number of hydrogen-bond acceptors (Lipinski definition) is 7. The second-order valence-electron chi connectivity index (χ2n) is 7.95. The van der Waals surface area contributed by atoms with E-state index < -0.39 is 0 Å². The van der Waals surface area contributed by atoms with Crippen molar-refractivity contribution in [3.8, 4) is 0 Å². The van der Waals surface area contributed by atoms with E-state index in [0.29, 0.717) is 0 Å². The SMILES string of the molecule is Cc1cc(Nc2ccc(N3CCN(C)CC3)cc2)nc(N2CCN(C)CC2)n1. The Bertz CT molecular complexity index is 776. The van der Waals surface area contributed by atoms with E-state index >= 15 is 0 Å². The number of aryl methyl sites for hydroxylation is 1. The van der Waals surface area contributed by atoms with Crippen LogP contribution in [0.25, 0.3) is 0 Å². The van der Waals surface area contributed by atoms with Gasteiger partial charge in [0.05, 0.1) is 0 Å². The van der Waals surface area contributed by atoms with Crippen LogP contribution in [0, 0.1) is 6.92 Å². The van der Waals surface area contributed by atoms with Gasteiger partial charge in [-0.2, -0.15) is 4.98 Å². The normalized spacial score (nSPS) is 19.1. The summed E-state index contributed by atoms with van der Waals surface area (Å²) < 4.78 is 0. The minimum atomic E-state index is 0.824. The summed E-state index contributed by atoms with van der Waals surface area (Å²) in [5, 5.41) is 3.46. The minimum Gasteiger partial charge on any atom is -0.369 e. The van der Waals surface area contributed by atoms with E-state index in [4.69, 9.17) is 4.98 Å². The highest BCUT2D eigenvalue weighted by molar-refractivity contribution is 5.62. The summed E-state index contributed by atoms with van der Waals surface area (Å²) in [6, 6.07) is 10.7. The first-order valence-corrected chi connectivity index (χ1v) is 10.2. The van der Waals surface area contributed by atoms with E-state index in [2.05, 4.69) is 68.3 Å². The summed E-state index contributed by atoms with van der Waals surface area (Å²) in [6.07, 6.45) is 0. The van der Waals surface area contributed by atoms with Crippen LogP contribution >= 0.6 is 0 Å². The van der Waals surface area contributed by atoms with Gasteiger partial charge in [-0.05, 0) is 45.3 Å². The lowest BCUT2D eigenvalue weighted by Crippen LogP contribution is -2.45. The smallest absolute Gasteiger partial charge is 0.227 e. The van der Waals surface area contributed by atoms with Gasteiger partial charge in [-0.15, -0.1) is 0 Å². The van der Waals surface area contributed by atoms with Gasteiger partial charge in [0.15, 0.2) is 0 Å². The topological polar surface area (TPSA) is 50.8 Å². The standard InChI is InChI=1S/C21H31N7/c1-17-16-20(24-21(22-17)28-14-10-26(3)11-15-28)23-18-4-6-19(7-5-18)27-12-8-25(2)9-13-27/h4-7,16H,8-15H2,1-3H3,(H,22,23,24). The first-order chi connectivity index (χ1) is 13.6. The lowest BCUT2D eigenvalue weighted by molar-refractivity contribution is 0.311. The second-order valence-corrected chi connectivity index (χ2v) is 7.95. The maximum absolute atomic E-state index is 4.77. The van der Waals surface area contributed by atoms with Gasteiger partial charge in [0, 0.05) is 75.5 Å².